The zero-order chi connectivity index (χ0) is 13.7. The van der Waals surface area contributed by atoms with Crippen LogP contribution in [0.4, 0.5) is 5.69 Å². The van der Waals surface area contributed by atoms with Gasteiger partial charge >= 0.3 is 0 Å². The van der Waals surface area contributed by atoms with Gasteiger partial charge in [-0.25, -0.2) is 0 Å². The Hall–Kier alpha value is -1.32. The number of ether oxygens (including phenoxy) is 1. The van der Waals surface area contributed by atoms with Crippen LogP contribution in [0.3, 0.4) is 0 Å². The normalized spacial score (nSPS) is 10.3. The Morgan fingerprint density at radius 2 is 1.89 bits per heavy atom. The summed E-state index contributed by atoms with van der Waals surface area (Å²) in [7, 11) is 1.65. The number of halogens is 1. The Labute approximate surface area is 123 Å². The second-order valence-electron chi connectivity index (χ2n) is 4.05. The molecule has 0 aromatic heterocycles. The van der Waals surface area contributed by atoms with Crippen molar-refractivity contribution >= 4 is 29.1 Å². The molecule has 0 amide bonds. The van der Waals surface area contributed by atoms with Gasteiger partial charge in [0.25, 0.3) is 0 Å². The maximum atomic E-state index is 6.00. The molecule has 0 unspecified atom stereocenters. The van der Waals surface area contributed by atoms with E-state index in [9.17, 15) is 0 Å². The van der Waals surface area contributed by atoms with E-state index in [4.69, 9.17) is 16.3 Å². The first-order valence-electron chi connectivity index (χ1n) is 5.93. The molecule has 0 bridgehead atoms. The molecule has 0 radical (unpaired) electrons. The van der Waals surface area contributed by atoms with Gasteiger partial charge in [-0.2, -0.15) is 0 Å². The molecule has 2 rings (SSSR count). The third kappa shape index (κ3) is 3.82. The van der Waals surface area contributed by atoms with Crippen LogP contribution in [-0.2, 0) is 6.54 Å². The lowest BCUT2D eigenvalue weighted by Gasteiger charge is -2.11. The summed E-state index contributed by atoms with van der Waals surface area (Å²) in [6.45, 7) is 0.741. The molecule has 4 heteroatoms. The quantitative estimate of drug-likeness (QED) is 0.809. The molecule has 0 saturated heterocycles. The fourth-order valence-corrected chi connectivity index (χ4v) is 2.34. The van der Waals surface area contributed by atoms with E-state index in [1.165, 1.54) is 10.5 Å². The van der Waals surface area contributed by atoms with Crippen LogP contribution in [0.1, 0.15) is 5.56 Å². The Kier molecular flexibility index (Phi) is 5.00. The van der Waals surface area contributed by atoms with Crippen molar-refractivity contribution < 1.29 is 4.74 Å². The highest BCUT2D eigenvalue weighted by Gasteiger charge is 2.03. The highest BCUT2D eigenvalue weighted by molar-refractivity contribution is 7.98. The van der Waals surface area contributed by atoms with Gasteiger partial charge in [-0.3, -0.25) is 0 Å². The van der Waals surface area contributed by atoms with E-state index < -0.39 is 0 Å². The number of benzene rings is 2. The predicted molar refractivity (Wildman–Crippen MR) is 83.6 cm³/mol. The van der Waals surface area contributed by atoms with Crippen LogP contribution in [0, 0.1) is 0 Å². The molecule has 0 atom stereocenters. The smallest absolute Gasteiger partial charge is 0.142 e. The van der Waals surface area contributed by atoms with Crippen molar-refractivity contribution in [2.75, 3.05) is 18.7 Å². The van der Waals surface area contributed by atoms with Crippen LogP contribution in [0.15, 0.2) is 47.4 Å². The second-order valence-corrected chi connectivity index (χ2v) is 5.36. The Bertz CT molecular complexity index is 542. The largest absolute Gasteiger partial charge is 0.495 e. The SMILES string of the molecule is COc1ccc(Cl)cc1NCc1ccc(SC)cc1. The summed E-state index contributed by atoms with van der Waals surface area (Å²) in [4.78, 5) is 1.27. The first-order valence-corrected chi connectivity index (χ1v) is 7.53. The zero-order valence-electron chi connectivity index (χ0n) is 10.9. The van der Waals surface area contributed by atoms with Crippen LogP contribution in [0.25, 0.3) is 0 Å². The molecule has 2 nitrogen and oxygen atoms in total. The summed E-state index contributed by atoms with van der Waals surface area (Å²) >= 11 is 7.74. The van der Waals surface area contributed by atoms with E-state index in [0.29, 0.717) is 5.02 Å². The average Bonchev–Trinajstić information content (AvgIpc) is 2.46. The Balaban J connectivity index is 2.07. The minimum atomic E-state index is 0.695. The number of hydrogen-bond donors (Lipinski definition) is 1. The summed E-state index contributed by atoms with van der Waals surface area (Å²) in [6.07, 6.45) is 2.07. The van der Waals surface area contributed by atoms with Gasteiger partial charge in [-0.1, -0.05) is 23.7 Å². The van der Waals surface area contributed by atoms with Gasteiger partial charge in [0.2, 0.25) is 0 Å². The first kappa shape index (κ1) is 14.1. The van der Waals surface area contributed by atoms with Crippen LogP contribution >= 0.6 is 23.4 Å². The number of thioether (sulfide) groups is 1. The van der Waals surface area contributed by atoms with Crippen LogP contribution in [0.2, 0.25) is 5.02 Å². The predicted octanol–water partition coefficient (Wildman–Crippen LogP) is 4.68. The molecule has 2 aromatic carbocycles. The van der Waals surface area contributed by atoms with E-state index in [2.05, 4.69) is 35.8 Å². The maximum absolute atomic E-state index is 6.00. The van der Waals surface area contributed by atoms with E-state index in [1.54, 1.807) is 18.9 Å². The lowest BCUT2D eigenvalue weighted by molar-refractivity contribution is 0.416. The Morgan fingerprint density at radius 1 is 1.16 bits per heavy atom. The molecule has 0 fully saturated rings. The third-order valence-corrected chi connectivity index (χ3v) is 3.78. The third-order valence-electron chi connectivity index (χ3n) is 2.80. The molecule has 0 aliphatic carbocycles. The van der Waals surface area contributed by atoms with E-state index in [-0.39, 0.29) is 0 Å². The summed E-state index contributed by atoms with van der Waals surface area (Å²) in [6, 6.07) is 14.0. The number of methoxy groups -OCH3 is 1. The fraction of sp³-hybridized carbons (Fsp3) is 0.200. The minimum Gasteiger partial charge on any atom is -0.495 e. The van der Waals surface area contributed by atoms with Gasteiger partial charge in [-0.05, 0) is 42.2 Å². The summed E-state index contributed by atoms with van der Waals surface area (Å²) in [5, 5.41) is 4.04. The van der Waals surface area contributed by atoms with Gasteiger partial charge in [0.15, 0.2) is 0 Å². The molecule has 0 aliphatic heterocycles. The molecule has 0 saturated carbocycles. The molecule has 100 valence electrons. The maximum Gasteiger partial charge on any atom is 0.142 e. The molecule has 0 aliphatic rings. The summed E-state index contributed by atoms with van der Waals surface area (Å²) in [5.41, 5.74) is 2.13. The standard InChI is InChI=1S/C15H16ClNOS/c1-18-15-8-5-12(16)9-14(15)17-10-11-3-6-13(19-2)7-4-11/h3-9,17H,10H2,1-2H3. The number of rotatable bonds is 5. The highest BCUT2D eigenvalue weighted by Crippen LogP contribution is 2.28. The molecule has 19 heavy (non-hydrogen) atoms. The molecule has 2 aromatic rings. The van der Waals surface area contributed by atoms with Crippen LogP contribution in [0.5, 0.6) is 5.75 Å². The van der Waals surface area contributed by atoms with Gasteiger partial charge in [-0.15, -0.1) is 11.8 Å². The lowest BCUT2D eigenvalue weighted by atomic mass is 10.2. The van der Waals surface area contributed by atoms with Crippen molar-refractivity contribution in [3.63, 3.8) is 0 Å². The molecule has 1 N–H and O–H groups in total. The summed E-state index contributed by atoms with van der Waals surface area (Å²) in [5.74, 6) is 0.796. The Morgan fingerprint density at radius 3 is 2.53 bits per heavy atom. The first-order chi connectivity index (χ1) is 9.22. The number of anilines is 1. The van der Waals surface area contributed by atoms with E-state index in [0.717, 1.165) is 18.0 Å². The number of hydrogen-bond acceptors (Lipinski definition) is 3. The topological polar surface area (TPSA) is 21.3 Å². The second kappa shape index (κ2) is 6.73. The average molecular weight is 294 g/mol. The highest BCUT2D eigenvalue weighted by atomic mass is 35.5. The molecular weight excluding hydrogens is 278 g/mol. The van der Waals surface area contributed by atoms with Crippen molar-refractivity contribution in [1.29, 1.82) is 0 Å². The van der Waals surface area contributed by atoms with Crippen molar-refractivity contribution in [3.05, 3.63) is 53.1 Å². The molecule has 0 spiro atoms. The summed E-state index contributed by atoms with van der Waals surface area (Å²) < 4.78 is 5.30. The van der Waals surface area contributed by atoms with Crippen molar-refractivity contribution in [2.45, 2.75) is 11.4 Å². The van der Waals surface area contributed by atoms with Crippen molar-refractivity contribution in [3.8, 4) is 5.75 Å². The van der Waals surface area contributed by atoms with Gasteiger partial charge in [0, 0.05) is 16.5 Å². The van der Waals surface area contributed by atoms with Crippen molar-refractivity contribution in [1.82, 2.24) is 0 Å². The molecular formula is C15H16ClNOS. The van der Waals surface area contributed by atoms with Crippen LogP contribution < -0.4 is 10.1 Å². The van der Waals surface area contributed by atoms with Crippen molar-refractivity contribution in [2.24, 2.45) is 0 Å². The number of nitrogens with one attached hydrogen (secondary N) is 1. The van der Waals surface area contributed by atoms with E-state index >= 15 is 0 Å². The van der Waals surface area contributed by atoms with Crippen LogP contribution in [-0.4, -0.2) is 13.4 Å². The fourth-order valence-electron chi connectivity index (χ4n) is 1.76. The lowest BCUT2D eigenvalue weighted by Crippen LogP contribution is -2.01. The van der Waals surface area contributed by atoms with Gasteiger partial charge in [0.1, 0.15) is 5.75 Å². The molecule has 0 heterocycles. The monoisotopic (exact) mass is 293 g/mol. The van der Waals surface area contributed by atoms with Gasteiger partial charge < -0.3 is 10.1 Å². The van der Waals surface area contributed by atoms with E-state index in [1.807, 2.05) is 18.2 Å². The minimum absolute atomic E-state index is 0.695. The zero-order valence-corrected chi connectivity index (χ0v) is 12.5. The van der Waals surface area contributed by atoms with Gasteiger partial charge in [0.05, 0.1) is 12.8 Å².